The second kappa shape index (κ2) is 17.6. The van der Waals surface area contributed by atoms with Gasteiger partial charge < -0.3 is 11.5 Å². The maximum Gasteiger partial charge on any atom is 0.0314 e. The van der Waals surface area contributed by atoms with Gasteiger partial charge in [0, 0.05) is 11.4 Å². The van der Waals surface area contributed by atoms with Gasteiger partial charge in [0.05, 0.1) is 0 Å². The summed E-state index contributed by atoms with van der Waals surface area (Å²) in [5.41, 5.74) is 25.2. The minimum Gasteiger partial charge on any atom is -0.399 e. The second-order valence-electron chi connectivity index (χ2n) is 12.5. The van der Waals surface area contributed by atoms with Crippen LogP contribution in [0.4, 0.5) is 11.4 Å². The summed E-state index contributed by atoms with van der Waals surface area (Å²) in [5, 5.41) is 0. The lowest BCUT2D eigenvalue weighted by molar-refractivity contribution is 0.664. The molecule has 4 aromatic carbocycles. The van der Waals surface area contributed by atoms with Crippen molar-refractivity contribution in [3.8, 4) is 0 Å². The number of rotatable bonds is 18. The molecule has 4 aromatic rings. The predicted molar refractivity (Wildman–Crippen MR) is 188 cm³/mol. The SMILES string of the molecule is CCCCCCc1cc(CCCc2ccc(Cc3ccc(N)cc3)c(CCCCCC)c2)ccc1Cc1ccc(N)cc1. The van der Waals surface area contributed by atoms with Gasteiger partial charge in [-0.1, -0.05) is 113 Å². The van der Waals surface area contributed by atoms with Gasteiger partial charge in [-0.15, -0.1) is 0 Å². The summed E-state index contributed by atoms with van der Waals surface area (Å²) in [7, 11) is 0. The van der Waals surface area contributed by atoms with Crippen molar-refractivity contribution in [2.75, 3.05) is 11.5 Å². The molecule has 0 aliphatic heterocycles. The van der Waals surface area contributed by atoms with Crippen LogP contribution in [0.25, 0.3) is 0 Å². The summed E-state index contributed by atoms with van der Waals surface area (Å²) in [4.78, 5) is 0. The zero-order valence-corrected chi connectivity index (χ0v) is 26.8. The molecule has 43 heavy (non-hydrogen) atoms. The molecule has 0 aromatic heterocycles. The molecular weight excluding hydrogens is 520 g/mol. The molecule has 0 saturated carbocycles. The van der Waals surface area contributed by atoms with Gasteiger partial charge in [0.25, 0.3) is 0 Å². The van der Waals surface area contributed by atoms with Gasteiger partial charge in [0.2, 0.25) is 0 Å². The highest BCUT2D eigenvalue weighted by molar-refractivity contribution is 5.44. The van der Waals surface area contributed by atoms with Crippen LogP contribution in [0.3, 0.4) is 0 Å². The highest BCUT2D eigenvalue weighted by Crippen LogP contribution is 2.23. The van der Waals surface area contributed by atoms with E-state index < -0.39 is 0 Å². The summed E-state index contributed by atoms with van der Waals surface area (Å²) < 4.78 is 0. The summed E-state index contributed by atoms with van der Waals surface area (Å²) in [6, 6.07) is 31.3. The lowest BCUT2D eigenvalue weighted by Crippen LogP contribution is -2.01. The average Bonchev–Trinajstić information content (AvgIpc) is 3.02. The van der Waals surface area contributed by atoms with Crippen molar-refractivity contribution in [2.45, 2.75) is 110 Å². The first-order valence-corrected chi connectivity index (χ1v) is 16.9. The van der Waals surface area contributed by atoms with Crippen molar-refractivity contribution >= 4 is 11.4 Å². The van der Waals surface area contributed by atoms with E-state index in [1.165, 1.54) is 115 Å². The predicted octanol–water partition coefficient (Wildman–Crippen LogP) is 10.5. The molecule has 0 aliphatic rings. The Morgan fingerprint density at radius 3 is 1.16 bits per heavy atom. The minimum atomic E-state index is 0.832. The van der Waals surface area contributed by atoms with Crippen molar-refractivity contribution in [1.29, 1.82) is 0 Å². The first-order chi connectivity index (χ1) is 21.0. The Bertz CT molecular complexity index is 1260. The van der Waals surface area contributed by atoms with E-state index in [4.69, 9.17) is 11.5 Å². The first-order valence-electron chi connectivity index (χ1n) is 16.9. The van der Waals surface area contributed by atoms with Crippen molar-refractivity contribution in [3.63, 3.8) is 0 Å². The third kappa shape index (κ3) is 10.9. The van der Waals surface area contributed by atoms with Gasteiger partial charge in [-0.25, -0.2) is 0 Å². The number of nitrogens with two attached hydrogens (primary N) is 2. The summed E-state index contributed by atoms with van der Waals surface area (Å²) in [6.07, 6.45) is 18.1. The molecule has 228 valence electrons. The van der Waals surface area contributed by atoms with Crippen LogP contribution in [0.15, 0.2) is 84.9 Å². The Kier molecular flexibility index (Phi) is 13.2. The van der Waals surface area contributed by atoms with E-state index in [2.05, 4.69) is 74.5 Å². The van der Waals surface area contributed by atoms with E-state index in [-0.39, 0.29) is 0 Å². The lowest BCUT2D eigenvalue weighted by atomic mass is 9.91. The molecule has 4 N–H and O–H groups in total. The standard InChI is InChI=1S/C41H54N2/c1-3-5-7-9-14-36-28-32(16-22-38(36)30-34-18-24-40(42)25-19-34)12-11-13-33-17-23-39(31-35-20-26-41(43)27-21-35)37(29-33)15-10-8-6-4-2/h16-29H,3-15,30-31,42-43H2,1-2H3. The molecule has 2 nitrogen and oxygen atoms in total. The third-order valence-corrected chi connectivity index (χ3v) is 8.82. The van der Waals surface area contributed by atoms with Gasteiger partial charge in [0.1, 0.15) is 0 Å². The second-order valence-corrected chi connectivity index (χ2v) is 12.5. The highest BCUT2D eigenvalue weighted by Gasteiger charge is 2.09. The molecular formula is C41H54N2. The molecule has 0 unspecified atom stereocenters. The molecule has 0 saturated heterocycles. The fourth-order valence-corrected chi connectivity index (χ4v) is 6.17. The third-order valence-electron chi connectivity index (χ3n) is 8.82. The number of nitrogen functional groups attached to an aromatic ring is 2. The molecule has 0 atom stereocenters. The Balaban J connectivity index is 1.41. The van der Waals surface area contributed by atoms with Crippen LogP contribution in [0.2, 0.25) is 0 Å². The van der Waals surface area contributed by atoms with E-state index in [9.17, 15) is 0 Å². The van der Waals surface area contributed by atoms with Crippen molar-refractivity contribution in [3.05, 3.63) is 129 Å². The van der Waals surface area contributed by atoms with Gasteiger partial charge in [-0.2, -0.15) is 0 Å². The minimum absolute atomic E-state index is 0.832. The fourth-order valence-electron chi connectivity index (χ4n) is 6.17. The van der Waals surface area contributed by atoms with Crippen LogP contribution in [-0.4, -0.2) is 0 Å². The van der Waals surface area contributed by atoms with Gasteiger partial charge >= 0.3 is 0 Å². The molecule has 0 bridgehead atoms. The molecule has 0 fully saturated rings. The van der Waals surface area contributed by atoms with E-state index in [1.807, 2.05) is 24.3 Å². The number of hydrogen-bond acceptors (Lipinski definition) is 2. The van der Waals surface area contributed by atoms with Gasteiger partial charge in [-0.05, 0) is 127 Å². The van der Waals surface area contributed by atoms with Crippen molar-refractivity contribution in [1.82, 2.24) is 0 Å². The average molecular weight is 575 g/mol. The molecule has 0 radical (unpaired) electrons. The molecule has 4 rings (SSSR count). The monoisotopic (exact) mass is 574 g/mol. The quantitative estimate of drug-likeness (QED) is 0.0917. The van der Waals surface area contributed by atoms with Crippen LogP contribution in [-0.2, 0) is 38.5 Å². The van der Waals surface area contributed by atoms with Crippen LogP contribution in [0, 0.1) is 0 Å². The molecule has 0 aliphatic carbocycles. The van der Waals surface area contributed by atoms with E-state index in [1.54, 1.807) is 0 Å². The number of unbranched alkanes of at least 4 members (excludes halogenated alkanes) is 6. The molecule has 2 heteroatoms. The Morgan fingerprint density at radius 1 is 0.372 bits per heavy atom. The van der Waals surface area contributed by atoms with Crippen LogP contribution in [0.5, 0.6) is 0 Å². The van der Waals surface area contributed by atoms with Gasteiger partial charge in [0.15, 0.2) is 0 Å². The smallest absolute Gasteiger partial charge is 0.0314 e. The number of aryl methyl sites for hydroxylation is 4. The van der Waals surface area contributed by atoms with E-state index >= 15 is 0 Å². The number of anilines is 2. The van der Waals surface area contributed by atoms with Crippen molar-refractivity contribution in [2.24, 2.45) is 0 Å². The molecule has 0 spiro atoms. The summed E-state index contributed by atoms with van der Waals surface area (Å²) in [5.74, 6) is 0. The van der Waals surface area contributed by atoms with E-state index in [0.717, 1.165) is 37.1 Å². The Morgan fingerprint density at radius 2 is 0.767 bits per heavy atom. The molecule has 0 heterocycles. The van der Waals surface area contributed by atoms with Crippen LogP contribution in [0.1, 0.15) is 116 Å². The first kappa shape index (κ1) is 32.4. The topological polar surface area (TPSA) is 52.0 Å². The molecule has 0 amide bonds. The Hall–Kier alpha value is -3.52. The maximum absolute atomic E-state index is 5.93. The Labute approximate surface area is 261 Å². The van der Waals surface area contributed by atoms with Crippen LogP contribution >= 0.6 is 0 Å². The highest BCUT2D eigenvalue weighted by atomic mass is 14.5. The van der Waals surface area contributed by atoms with Crippen molar-refractivity contribution < 1.29 is 0 Å². The zero-order chi connectivity index (χ0) is 30.3. The number of hydrogen-bond donors (Lipinski definition) is 2. The van der Waals surface area contributed by atoms with E-state index in [0.29, 0.717) is 0 Å². The largest absolute Gasteiger partial charge is 0.399 e. The summed E-state index contributed by atoms with van der Waals surface area (Å²) in [6.45, 7) is 4.58. The van der Waals surface area contributed by atoms with Crippen LogP contribution < -0.4 is 11.5 Å². The lowest BCUT2D eigenvalue weighted by Gasteiger charge is -2.14. The summed E-state index contributed by atoms with van der Waals surface area (Å²) >= 11 is 0. The fraction of sp³-hybridized carbons (Fsp3) is 0.415. The zero-order valence-electron chi connectivity index (χ0n) is 26.8. The van der Waals surface area contributed by atoms with Gasteiger partial charge in [-0.3, -0.25) is 0 Å². The number of benzene rings is 4. The maximum atomic E-state index is 5.93. The normalized spacial score (nSPS) is 11.2.